The number of nitrogens with zero attached hydrogens (tertiary/aromatic N) is 2. The lowest BCUT2D eigenvalue weighted by molar-refractivity contribution is 0.275. The topological polar surface area (TPSA) is 35.0 Å². The SMILES string of the molecule is CCCCCC1CCC(c2ncc(OCC[C@@H](C)CCC=C(C)C)cn2)CC1. The van der Waals surface area contributed by atoms with Crippen molar-refractivity contribution < 1.29 is 4.74 Å². The molecule has 1 aromatic rings. The zero-order chi connectivity index (χ0) is 20.2. The molecule has 0 bridgehead atoms. The van der Waals surface area contributed by atoms with E-state index < -0.39 is 0 Å². The van der Waals surface area contributed by atoms with Gasteiger partial charge in [-0.25, -0.2) is 9.97 Å². The molecule has 28 heavy (non-hydrogen) atoms. The predicted molar refractivity (Wildman–Crippen MR) is 119 cm³/mol. The molecule has 0 N–H and O–H groups in total. The third kappa shape index (κ3) is 8.75. The molecule has 0 saturated heterocycles. The smallest absolute Gasteiger partial charge is 0.155 e. The molecule has 1 aliphatic rings. The Balaban J connectivity index is 1.66. The molecule has 3 nitrogen and oxygen atoms in total. The summed E-state index contributed by atoms with van der Waals surface area (Å²) in [6.07, 6.45) is 20.3. The Morgan fingerprint density at radius 3 is 2.46 bits per heavy atom. The van der Waals surface area contributed by atoms with Crippen LogP contribution in [0.3, 0.4) is 0 Å². The molecule has 1 aromatic heterocycles. The van der Waals surface area contributed by atoms with E-state index >= 15 is 0 Å². The number of rotatable bonds is 12. The minimum absolute atomic E-state index is 0.548. The maximum Gasteiger partial charge on any atom is 0.155 e. The number of ether oxygens (including phenoxy) is 1. The monoisotopic (exact) mass is 386 g/mol. The van der Waals surface area contributed by atoms with E-state index in [2.05, 4.69) is 43.7 Å². The van der Waals surface area contributed by atoms with E-state index in [1.807, 2.05) is 12.4 Å². The normalized spacial score (nSPS) is 20.6. The largest absolute Gasteiger partial charge is 0.490 e. The Bertz CT molecular complexity index is 554. The summed E-state index contributed by atoms with van der Waals surface area (Å²) in [5.41, 5.74) is 1.41. The average molecular weight is 387 g/mol. The maximum atomic E-state index is 5.88. The molecule has 0 aromatic carbocycles. The standard InChI is InChI=1S/C25H42N2O/c1-5-6-7-11-22-12-14-23(15-13-22)25-26-18-24(19-27-25)28-17-16-21(4)10-8-9-20(2)3/h9,18-19,21-23H,5-8,10-17H2,1-4H3/t21-,22?,23?/m0/s1. The van der Waals surface area contributed by atoms with Crippen molar-refractivity contribution in [3.63, 3.8) is 0 Å². The number of hydrogen-bond acceptors (Lipinski definition) is 3. The van der Waals surface area contributed by atoms with Crippen molar-refractivity contribution in [2.24, 2.45) is 11.8 Å². The van der Waals surface area contributed by atoms with Crippen LogP contribution in [0.1, 0.15) is 110 Å². The minimum atomic E-state index is 0.548. The Hall–Kier alpha value is -1.38. The van der Waals surface area contributed by atoms with Crippen LogP contribution in [0.25, 0.3) is 0 Å². The first-order valence-corrected chi connectivity index (χ1v) is 11.7. The minimum Gasteiger partial charge on any atom is -0.490 e. The van der Waals surface area contributed by atoms with Crippen molar-refractivity contribution in [1.29, 1.82) is 0 Å². The second kappa shape index (κ2) is 13.0. The fourth-order valence-electron chi connectivity index (χ4n) is 4.18. The third-order valence-corrected chi connectivity index (χ3v) is 6.17. The van der Waals surface area contributed by atoms with Gasteiger partial charge >= 0.3 is 0 Å². The molecular weight excluding hydrogens is 344 g/mol. The fraction of sp³-hybridized carbons (Fsp3) is 0.760. The van der Waals surface area contributed by atoms with Crippen molar-refractivity contribution >= 4 is 0 Å². The molecule has 1 saturated carbocycles. The molecule has 1 atom stereocenters. The van der Waals surface area contributed by atoms with Crippen molar-refractivity contribution in [1.82, 2.24) is 9.97 Å². The molecule has 2 rings (SSSR count). The maximum absolute atomic E-state index is 5.88. The molecular formula is C25H42N2O. The zero-order valence-electron chi connectivity index (χ0n) is 18.8. The molecule has 3 heteroatoms. The van der Waals surface area contributed by atoms with Gasteiger partial charge in [0.25, 0.3) is 0 Å². The van der Waals surface area contributed by atoms with Gasteiger partial charge in [0.2, 0.25) is 0 Å². The summed E-state index contributed by atoms with van der Waals surface area (Å²) < 4.78 is 5.88. The summed E-state index contributed by atoms with van der Waals surface area (Å²) in [6.45, 7) is 9.67. The highest BCUT2D eigenvalue weighted by molar-refractivity contribution is 5.14. The van der Waals surface area contributed by atoms with Gasteiger partial charge in [-0.05, 0) is 70.6 Å². The van der Waals surface area contributed by atoms with E-state index in [1.54, 1.807) is 0 Å². The van der Waals surface area contributed by atoms with Crippen LogP contribution in [0.15, 0.2) is 24.0 Å². The van der Waals surface area contributed by atoms with Crippen molar-refractivity contribution in [3.05, 3.63) is 29.9 Å². The van der Waals surface area contributed by atoms with Gasteiger partial charge in [0.05, 0.1) is 19.0 Å². The molecule has 0 aliphatic heterocycles. The van der Waals surface area contributed by atoms with E-state index in [0.717, 1.165) is 30.5 Å². The highest BCUT2D eigenvalue weighted by atomic mass is 16.5. The molecule has 1 fully saturated rings. The van der Waals surface area contributed by atoms with E-state index in [4.69, 9.17) is 4.74 Å². The van der Waals surface area contributed by atoms with Crippen LogP contribution in [0.5, 0.6) is 5.75 Å². The average Bonchev–Trinajstić information content (AvgIpc) is 2.69. The second-order valence-electron chi connectivity index (χ2n) is 9.09. The Labute approximate surface area is 173 Å². The molecule has 158 valence electrons. The van der Waals surface area contributed by atoms with Gasteiger partial charge < -0.3 is 4.74 Å². The van der Waals surface area contributed by atoms with Crippen LogP contribution in [0.2, 0.25) is 0 Å². The number of allylic oxidation sites excluding steroid dienone is 2. The van der Waals surface area contributed by atoms with E-state index in [9.17, 15) is 0 Å². The summed E-state index contributed by atoms with van der Waals surface area (Å²) in [5, 5.41) is 0. The molecule has 0 spiro atoms. The van der Waals surface area contributed by atoms with E-state index in [-0.39, 0.29) is 0 Å². The summed E-state index contributed by atoms with van der Waals surface area (Å²) >= 11 is 0. The van der Waals surface area contributed by atoms with Crippen molar-refractivity contribution in [2.75, 3.05) is 6.61 Å². The predicted octanol–water partition coefficient (Wildman–Crippen LogP) is 7.48. The summed E-state index contributed by atoms with van der Waals surface area (Å²) in [6, 6.07) is 0. The summed E-state index contributed by atoms with van der Waals surface area (Å²) in [5.74, 6) is 4.00. The van der Waals surface area contributed by atoms with Gasteiger partial charge in [0.1, 0.15) is 5.82 Å². The lowest BCUT2D eigenvalue weighted by atomic mass is 9.79. The fourth-order valence-corrected chi connectivity index (χ4v) is 4.18. The Kier molecular flexibility index (Phi) is 10.6. The van der Waals surface area contributed by atoms with Crippen molar-refractivity contribution in [3.8, 4) is 5.75 Å². The first-order chi connectivity index (χ1) is 13.6. The molecule has 0 radical (unpaired) electrons. The molecule has 0 unspecified atom stereocenters. The Morgan fingerprint density at radius 2 is 1.82 bits per heavy atom. The van der Waals surface area contributed by atoms with Crippen LogP contribution in [0.4, 0.5) is 0 Å². The lowest BCUT2D eigenvalue weighted by Crippen LogP contribution is -2.15. The Morgan fingerprint density at radius 1 is 1.11 bits per heavy atom. The van der Waals surface area contributed by atoms with Crippen LogP contribution in [-0.2, 0) is 0 Å². The summed E-state index contributed by atoms with van der Waals surface area (Å²) in [4.78, 5) is 9.25. The van der Waals surface area contributed by atoms with E-state index in [1.165, 1.54) is 69.8 Å². The van der Waals surface area contributed by atoms with Crippen LogP contribution >= 0.6 is 0 Å². The van der Waals surface area contributed by atoms with Gasteiger partial charge in [0, 0.05) is 5.92 Å². The van der Waals surface area contributed by atoms with E-state index in [0.29, 0.717) is 11.8 Å². The number of unbranched alkanes of at least 4 members (excludes halogenated alkanes) is 2. The quantitative estimate of drug-likeness (QED) is 0.276. The highest BCUT2D eigenvalue weighted by Gasteiger charge is 2.23. The van der Waals surface area contributed by atoms with Crippen LogP contribution in [-0.4, -0.2) is 16.6 Å². The van der Waals surface area contributed by atoms with Gasteiger partial charge in [-0.2, -0.15) is 0 Å². The van der Waals surface area contributed by atoms with Crippen LogP contribution < -0.4 is 4.74 Å². The first kappa shape index (κ1) is 22.9. The summed E-state index contributed by atoms with van der Waals surface area (Å²) in [7, 11) is 0. The van der Waals surface area contributed by atoms with Crippen molar-refractivity contribution in [2.45, 2.75) is 104 Å². The molecule has 0 amide bonds. The molecule has 1 aliphatic carbocycles. The molecule has 1 heterocycles. The highest BCUT2D eigenvalue weighted by Crippen LogP contribution is 2.36. The first-order valence-electron chi connectivity index (χ1n) is 11.7. The number of hydrogen-bond donors (Lipinski definition) is 0. The van der Waals surface area contributed by atoms with Gasteiger partial charge in [-0.15, -0.1) is 0 Å². The van der Waals surface area contributed by atoms with Gasteiger partial charge in [-0.3, -0.25) is 0 Å². The van der Waals surface area contributed by atoms with Gasteiger partial charge in [-0.1, -0.05) is 51.2 Å². The van der Waals surface area contributed by atoms with Crippen LogP contribution in [0, 0.1) is 11.8 Å². The second-order valence-corrected chi connectivity index (χ2v) is 9.09. The zero-order valence-corrected chi connectivity index (χ0v) is 18.8. The number of aromatic nitrogens is 2. The van der Waals surface area contributed by atoms with Gasteiger partial charge in [0.15, 0.2) is 5.75 Å². The lowest BCUT2D eigenvalue weighted by Gasteiger charge is -2.27. The third-order valence-electron chi connectivity index (χ3n) is 6.17.